The number of nitrogens with zero attached hydrogens (tertiary/aromatic N) is 1. The van der Waals surface area contributed by atoms with Gasteiger partial charge in [-0.2, -0.15) is 0 Å². The van der Waals surface area contributed by atoms with Gasteiger partial charge in [0.1, 0.15) is 0 Å². The van der Waals surface area contributed by atoms with Gasteiger partial charge in [0.05, 0.1) is 6.10 Å². The largest absolute Gasteiger partial charge is 0.378 e. The standard InChI is InChI=1S/C14H28N2O/c1-4-11(3)14-10-16(7-6-15-14)12-8-13(9-12)17-5-2/h11-15H,4-10H2,1-3H3. The zero-order valence-corrected chi connectivity index (χ0v) is 11.6. The molecule has 0 aromatic rings. The molecule has 2 rings (SSSR count). The van der Waals surface area contributed by atoms with Crippen molar-refractivity contribution < 1.29 is 4.74 Å². The normalized spacial score (nSPS) is 36.5. The van der Waals surface area contributed by atoms with E-state index in [0.717, 1.165) is 25.1 Å². The molecule has 3 nitrogen and oxygen atoms in total. The molecular formula is C14H28N2O. The zero-order chi connectivity index (χ0) is 12.3. The molecule has 100 valence electrons. The van der Waals surface area contributed by atoms with E-state index in [-0.39, 0.29) is 0 Å². The Morgan fingerprint density at radius 1 is 1.35 bits per heavy atom. The van der Waals surface area contributed by atoms with Crippen LogP contribution in [0.4, 0.5) is 0 Å². The lowest BCUT2D eigenvalue weighted by atomic mass is 9.86. The van der Waals surface area contributed by atoms with Crippen LogP contribution in [0.15, 0.2) is 0 Å². The van der Waals surface area contributed by atoms with Crippen LogP contribution in [0.3, 0.4) is 0 Å². The first-order valence-corrected chi connectivity index (χ1v) is 7.33. The summed E-state index contributed by atoms with van der Waals surface area (Å²) in [5.74, 6) is 0.792. The van der Waals surface area contributed by atoms with Gasteiger partial charge in [0.15, 0.2) is 0 Å². The molecule has 0 aromatic heterocycles. The monoisotopic (exact) mass is 240 g/mol. The van der Waals surface area contributed by atoms with Crippen molar-refractivity contribution in [1.29, 1.82) is 0 Å². The van der Waals surface area contributed by atoms with Crippen LogP contribution < -0.4 is 5.32 Å². The summed E-state index contributed by atoms with van der Waals surface area (Å²) < 4.78 is 5.65. The van der Waals surface area contributed by atoms with Gasteiger partial charge < -0.3 is 10.1 Å². The Morgan fingerprint density at radius 2 is 2.12 bits per heavy atom. The SMILES string of the molecule is CCOC1CC(N2CCNC(C(C)CC)C2)C1. The van der Waals surface area contributed by atoms with Crippen molar-refractivity contribution in [3.8, 4) is 0 Å². The van der Waals surface area contributed by atoms with E-state index in [9.17, 15) is 0 Å². The minimum atomic E-state index is 0.543. The number of hydrogen-bond donors (Lipinski definition) is 1. The van der Waals surface area contributed by atoms with Crippen molar-refractivity contribution in [3.05, 3.63) is 0 Å². The van der Waals surface area contributed by atoms with E-state index in [2.05, 4.69) is 31.0 Å². The molecule has 2 aliphatic rings. The van der Waals surface area contributed by atoms with Gasteiger partial charge in [-0.1, -0.05) is 20.3 Å². The maximum absolute atomic E-state index is 5.65. The van der Waals surface area contributed by atoms with Crippen molar-refractivity contribution in [2.75, 3.05) is 26.2 Å². The molecule has 2 fully saturated rings. The van der Waals surface area contributed by atoms with E-state index >= 15 is 0 Å². The lowest BCUT2D eigenvalue weighted by Crippen LogP contribution is -2.59. The second-order valence-corrected chi connectivity index (χ2v) is 5.64. The summed E-state index contributed by atoms with van der Waals surface area (Å²) >= 11 is 0. The Morgan fingerprint density at radius 3 is 2.76 bits per heavy atom. The molecule has 0 amide bonds. The quantitative estimate of drug-likeness (QED) is 0.794. The van der Waals surface area contributed by atoms with Crippen LogP contribution in [0.5, 0.6) is 0 Å². The summed E-state index contributed by atoms with van der Waals surface area (Å²) in [7, 11) is 0. The van der Waals surface area contributed by atoms with E-state index in [1.807, 2.05) is 0 Å². The second-order valence-electron chi connectivity index (χ2n) is 5.64. The average Bonchev–Trinajstić information content (AvgIpc) is 2.32. The van der Waals surface area contributed by atoms with Crippen LogP contribution in [0, 0.1) is 5.92 Å². The zero-order valence-electron chi connectivity index (χ0n) is 11.6. The molecule has 0 aromatic carbocycles. The fourth-order valence-electron chi connectivity index (χ4n) is 3.01. The van der Waals surface area contributed by atoms with Gasteiger partial charge in [0.25, 0.3) is 0 Å². The van der Waals surface area contributed by atoms with Crippen molar-refractivity contribution >= 4 is 0 Å². The van der Waals surface area contributed by atoms with Crippen molar-refractivity contribution in [1.82, 2.24) is 10.2 Å². The number of hydrogen-bond acceptors (Lipinski definition) is 3. The molecule has 3 heteroatoms. The number of rotatable bonds is 5. The molecule has 2 atom stereocenters. The fourth-order valence-corrected chi connectivity index (χ4v) is 3.01. The third kappa shape index (κ3) is 3.21. The van der Waals surface area contributed by atoms with E-state index in [1.54, 1.807) is 0 Å². The van der Waals surface area contributed by atoms with Gasteiger partial charge in [-0.3, -0.25) is 4.90 Å². The molecule has 1 aliphatic heterocycles. The fraction of sp³-hybridized carbons (Fsp3) is 1.00. The average molecular weight is 240 g/mol. The second kappa shape index (κ2) is 6.17. The first-order chi connectivity index (χ1) is 8.24. The highest BCUT2D eigenvalue weighted by Crippen LogP contribution is 2.29. The van der Waals surface area contributed by atoms with Crippen LogP contribution in [-0.4, -0.2) is 49.3 Å². The molecule has 1 N–H and O–H groups in total. The van der Waals surface area contributed by atoms with Gasteiger partial charge in [-0.05, 0) is 25.7 Å². The van der Waals surface area contributed by atoms with Crippen LogP contribution in [0.1, 0.15) is 40.0 Å². The Bertz CT molecular complexity index is 228. The smallest absolute Gasteiger partial charge is 0.0604 e. The Balaban J connectivity index is 1.75. The Labute approximate surface area is 106 Å². The summed E-state index contributed by atoms with van der Waals surface area (Å²) in [4.78, 5) is 2.68. The van der Waals surface area contributed by atoms with Crippen molar-refractivity contribution in [2.24, 2.45) is 5.92 Å². The van der Waals surface area contributed by atoms with Gasteiger partial charge in [-0.25, -0.2) is 0 Å². The molecule has 2 unspecified atom stereocenters. The summed E-state index contributed by atoms with van der Waals surface area (Å²) in [6.07, 6.45) is 4.32. The molecule has 1 aliphatic carbocycles. The summed E-state index contributed by atoms with van der Waals surface area (Å²) in [5, 5.41) is 3.67. The predicted octanol–water partition coefficient (Wildman–Crippen LogP) is 1.87. The highest BCUT2D eigenvalue weighted by molar-refractivity contribution is 4.92. The molecule has 0 radical (unpaired) electrons. The third-order valence-corrected chi connectivity index (χ3v) is 4.56. The summed E-state index contributed by atoms with van der Waals surface area (Å²) in [6.45, 7) is 11.2. The van der Waals surface area contributed by atoms with Crippen LogP contribution >= 0.6 is 0 Å². The van der Waals surface area contributed by atoms with Gasteiger partial charge in [0.2, 0.25) is 0 Å². The minimum absolute atomic E-state index is 0.543. The lowest BCUT2D eigenvalue weighted by Gasteiger charge is -2.47. The Kier molecular flexibility index (Phi) is 4.83. The van der Waals surface area contributed by atoms with E-state index in [1.165, 1.54) is 32.4 Å². The predicted molar refractivity (Wildman–Crippen MR) is 71.3 cm³/mol. The van der Waals surface area contributed by atoms with E-state index in [4.69, 9.17) is 4.74 Å². The first-order valence-electron chi connectivity index (χ1n) is 7.33. The Hall–Kier alpha value is -0.120. The maximum Gasteiger partial charge on any atom is 0.0604 e. The van der Waals surface area contributed by atoms with Crippen molar-refractivity contribution in [3.63, 3.8) is 0 Å². The highest BCUT2D eigenvalue weighted by atomic mass is 16.5. The van der Waals surface area contributed by atoms with E-state index < -0.39 is 0 Å². The van der Waals surface area contributed by atoms with Gasteiger partial charge in [0, 0.05) is 38.3 Å². The van der Waals surface area contributed by atoms with Crippen LogP contribution in [0.25, 0.3) is 0 Å². The van der Waals surface area contributed by atoms with Crippen LogP contribution in [0.2, 0.25) is 0 Å². The summed E-state index contributed by atoms with van der Waals surface area (Å²) in [6, 6.07) is 1.49. The highest BCUT2D eigenvalue weighted by Gasteiger charge is 2.36. The van der Waals surface area contributed by atoms with Gasteiger partial charge in [-0.15, -0.1) is 0 Å². The minimum Gasteiger partial charge on any atom is -0.378 e. The van der Waals surface area contributed by atoms with Gasteiger partial charge >= 0.3 is 0 Å². The molecular weight excluding hydrogens is 212 g/mol. The van der Waals surface area contributed by atoms with Crippen molar-refractivity contribution in [2.45, 2.75) is 58.2 Å². The third-order valence-electron chi connectivity index (χ3n) is 4.56. The van der Waals surface area contributed by atoms with E-state index in [0.29, 0.717) is 12.1 Å². The summed E-state index contributed by atoms with van der Waals surface area (Å²) in [5.41, 5.74) is 0. The topological polar surface area (TPSA) is 24.5 Å². The molecule has 1 heterocycles. The first kappa shape index (κ1) is 13.3. The lowest BCUT2D eigenvalue weighted by molar-refractivity contribution is -0.0540. The molecule has 17 heavy (non-hydrogen) atoms. The number of nitrogens with one attached hydrogen (secondary N) is 1. The van der Waals surface area contributed by atoms with Crippen LogP contribution in [-0.2, 0) is 4.74 Å². The number of piperazine rings is 1. The molecule has 1 saturated heterocycles. The molecule has 0 spiro atoms. The molecule has 0 bridgehead atoms. The number of ether oxygens (including phenoxy) is 1. The maximum atomic E-state index is 5.65. The molecule has 1 saturated carbocycles.